The highest BCUT2D eigenvalue weighted by atomic mass is 19.1. The number of benzene rings is 1. The first kappa shape index (κ1) is 15.9. The van der Waals surface area contributed by atoms with E-state index in [1.165, 1.54) is 6.07 Å². The van der Waals surface area contributed by atoms with Gasteiger partial charge < -0.3 is 14.8 Å². The van der Waals surface area contributed by atoms with E-state index in [1.807, 2.05) is 6.07 Å². The smallest absolute Gasteiger partial charge is 0.130 e. The quantitative estimate of drug-likeness (QED) is 0.736. The first-order valence-corrected chi connectivity index (χ1v) is 6.55. The summed E-state index contributed by atoms with van der Waals surface area (Å²) >= 11 is 0. The average molecular weight is 269 g/mol. The van der Waals surface area contributed by atoms with Gasteiger partial charge in [-0.1, -0.05) is 19.9 Å². The molecular weight excluding hydrogens is 245 g/mol. The monoisotopic (exact) mass is 269 g/mol. The minimum Gasteiger partial charge on any atom is -0.497 e. The predicted octanol–water partition coefficient (Wildman–Crippen LogP) is 2.74. The van der Waals surface area contributed by atoms with Crippen molar-refractivity contribution in [1.82, 2.24) is 5.32 Å². The van der Waals surface area contributed by atoms with Gasteiger partial charge in [0.05, 0.1) is 13.7 Å². The van der Waals surface area contributed by atoms with Gasteiger partial charge >= 0.3 is 0 Å². The Kier molecular flexibility index (Phi) is 6.25. The van der Waals surface area contributed by atoms with E-state index in [0.29, 0.717) is 12.4 Å². The van der Waals surface area contributed by atoms with Crippen molar-refractivity contribution in [3.8, 4) is 5.75 Å². The number of ether oxygens (including phenoxy) is 2. The minimum atomic E-state index is -0.212. The molecule has 0 atom stereocenters. The summed E-state index contributed by atoms with van der Waals surface area (Å²) in [5.74, 6) is 0.344. The fourth-order valence-electron chi connectivity index (χ4n) is 2.01. The number of hydrogen-bond acceptors (Lipinski definition) is 3. The van der Waals surface area contributed by atoms with Gasteiger partial charge in [0.2, 0.25) is 0 Å². The third kappa shape index (κ3) is 4.80. The molecule has 0 saturated heterocycles. The second-order valence-corrected chi connectivity index (χ2v) is 5.22. The highest BCUT2D eigenvalue weighted by Crippen LogP contribution is 2.30. The van der Waals surface area contributed by atoms with Crippen molar-refractivity contribution in [2.75, 3.05) is 33.9 Å². The van der Waals surface area contributed by atoms with Crippen LogP contribution in [0.2, 0.25) is 0 Å². The van der Waals surface area contributed by atoms with Crippen LogP contribution in [0.4, 0.5) is 4.39 Å². The Hall–Kier alpha value is -1.13. The van der Waals surface area contributed by atoms with E-state index >= 15 is 0 Å². The number of nitrogens with one attached hydrogen (secondary N) is 1. The maximum Gasteiger partial charge on any atom is 0.130 e. The molecule has 0 aliphatic rings. The molecule has 1 N–H and O–H groups in total. The van der Waals surface area contributed by atoms with Crippen LogP contribution in [-0.4, -0.2) is 33.9 Å². The van der Waals surface area contributed by atoms with Crippen molar-refractivity contribution < 1.29 is 13.9 Å². The number of halogens is 1. The lowest BCUT2D eigenvalue weighted by Crippen LogP contribution is -2.28. The second-order valence-electron chi connectivity index (χ2n) is 5.22. The van der Waals surface area contributed by atoms with Crippen LogP contribution >= 0.6 is 0 Å². The minimum absolute atomic E-state index is 0.207. The Morgan fingerprint density at radius 1 is 1.21 bits per heavy atom. The van der Waals surface area contributed by atoms with Crippen molar-refractivity contribution in [2.45, 2.75) is 25.7 Å². The first-order chi connectivity index (χ1) is 9.01. The van der Waals surface area contributed by atoms with Crippen LogP contribution in [-0.2, 0) is 10.2 Å². The molecule has 0 fully saturated rings. The molecular formula is C15H24FNO2. The Morgan fingerprint density at radius 2 is 1.95 bits per heavy atom. The van der Waals surface area contributed by atoms with E-state index in [4.69, 9.17) is 9.47 Å². The second kappa shape index (κ2) is 7.46. The predicted molar refractivity (Wildman–Crippen MR) is 75.3 cm³/mol. The Bertz CT molecular complexity index is 394. The molecule has 0 radical (unpaired) electrons. The lowest BCUT2D eigenvalue weighted by Gasteiger charge is -2.26. The molecule has 1 rings (SSSR count). The Balaban J connectivity index is 2.61. The fourth-order valence-corrected chi connectivity index (χ4v) is 2.01. The summed E-state index contributed by atoms with van der Waals surface area (Å²) in [6.07, 6.45) is 0.861. The van der Waals surface area contributed by atoms with E-state index < -0.39 is 0 Å². The van der Waals surface area contributed by atoms with E-state index in [0.717, 1.165) is 25.1 Å². The van der Waals surface area contributed by atoms with E-state index in [-0.39, 0.29) is 11.2 Å². The zero-order chi connectivity index (χ0) is 14.3. The maximum absolute atomic E-state index is 14.0. The summed E-state index contributed by atoms with van der Waals surface area (Å²) in [5, 5.41) is 3.28. The molecule has 1 aromatic carbocycles. The van der Waals surface area contributed by atoms with Gasteiger partial charge in [-0.05, 0) is 30.0 Å². The van der Waals surface area contributed by atoms with Crippen LogP contribution in [0.3, 0.4) is 0 Å². The van der Waals surface area contributed by atoms with Gasteiger partial charge in [0.25, 0.3) is 0 Å². The molecule has 0 saturated carbocycles. The molecule has 1 aromatic rings. The van der Waals surface area contributed by atoms with Gasteiger partial charge in [0.15, 0.2) is 0 Å². The van der Waals surface area contributed by atoms with Crippen LogP contribution in [0, 0.1) is 5.82 Å². The molecule has 0 aliphatic carbocycles. The molecule has 0 spiro atoms. The average Bonchev–Trinajstić information content (AvgIpc) is 2.37. The molecule has 108 valence electrons. The normalized spacial score (nSPS) is 11.6. The Morgan fingerprint density at radius 3 is 2.53 bits per heavy atom. The summed E-state index contributed by atoms with van der Waals surface area (Å²) in [6.45, 7) is 6.45. The highest BCUT2D eigenvalue weighted by Gasteiger charge is 2.23. The topological polar surface area (TPSA) is 30.5 Å². The maximum atomic E-state index is 14.0. The lowest BCUT2D eigenvalue weighted by molar-refractivity contribution is 0.198. The van der Waals surface area contributed by atoms with Crippen LogP contribution in [0.5, 0.6) is 5.75 Å². The van der Waals surface area contributed by atoms with E-state index in [2.05, 4.69) is 19.2 Å². The molecule has 0 amide bonds. The molecule has 19 heavy (non-hydrogen) atoms. The van der Waals surface area contributed by atoms with Crippen molar-refractivity contribution in [2.24, 2.45) is 0 Å². The van der Waals surface area contributed by atoms with Gasteiger partial charge in [-0.3, -0.25) is 0 Å². The summed E-state index contributed by atoms with van der Waals surface area (Å²) in [4.78, 5) is 0. The van der Waals surface area contributed by atoms with Crippen LogP contribution in [0.1, 0.15) is 25.8 Å². The van der Waals surface area contributed by atoms with Crippen molar-refractivity contribution in [1.29, 1.82) is 0 Å². The van der Waals surface area contributed by atoms with Gasteiger partial charge in [-0.15, -0.1) is 0 Å². The first-order valence-electron chi connectivity index (χ1n) is 6.55. The molecule has 0 unspecified atom stereocenters. The van der Waals surface area contributed by atoms with Gasteiger partial charge in [-0.2, -0.15) is 0 Å². The number of rotatable bonds is 8. The van der Waals surface area contributed by atoms with Gasteiger partial charge in [0, 0.05) is 19.7 Å². The van der Waals surface area contributed by atoms with Crippen LogP contribution in [0.15, 0.2) is 18.2 Å². The van der Waals surface area contributed by atoms with Crippen LogP contribution in [0.25, 0.3) is 0 Å². The summed E-state index contributed by atoms with van der Waals surface area (Å²) in [6, 6.07) is 5.05. The molecule has 0 aliphatic heterocycles. The number of hydrogen-bond donors (Lipinski definition) is 1. The lowest BCUT2D eigenvalue weighted by atomic mass is 9.81. The Labute approximate surface area is 115 Å². The fraction of sp³-hybridized carbons (Fsp3) is 0.600. The third-order valence-corrected chi connectivity index (χ3v) is 3.32. The zero-order valence-electron chi connectivity index (χ0n) is 12.3. The SMILES string of the molecule is COCCNCCC(C)(C)c1ccc(OC)cc1F. The zero-order valence-corrected chi connectivity index (χ0v) is 12.3. The van der Waals surface area contributed by atoms with E-state index in [9.17, 15) is 4.39 Å². The highest BCUT2D eigenvalue weighted by molar-refractivity contribution is 5.33. The van der Waals surface area contributed by atoms with Gasteiger partial charge in [-0.25, -0.2) is 4.39 Å². The number of methoxy groups -OCH3 is 2. The summed E-state index contributed by atoms with van der Waals surface area (Å²) in [5.41, 5.74) is 0.512. The van der Waals surface area contributed by atoms with Crippen molar-refractivity contribution >= 4 is 0 Å². The van der Waals surface area contributed by atoms with Gasteiger partial charge in [0.1, 0.15) is 11.6 Å². The van der Waals surface area contributed by atoms with E-state index in [1.54, 1.807) is 20.3 Å². The van der Waals surface area contributed by atoms with Crippen molar-refractivity contribution in [3.63, 3.8) is 0 Å². The largest absolute Gasteiger partial charge is 0.497 e. The third-order valence-electron chi connectivity index (χ3n) is 3.32. The molecule has 4 heteroatoms. The molecule has 0 aromatic heterocycles. The molecule has 0 heterocycles. The molecule has 3 nitrogen and oxygen atoms in total. The van der Waals surface area contributed by atoms with Crippen LogP contribution < -0.4 is 10.1 Å². The summed E-state index contributed by atoms with van der Waals surface area (Å²) < 4.78 is 24.0. The summed E-state index contributed by atoms with van der Waals surface area (Å²) in [7, 11) is 3.22. The molecule has 0 bridgehead atoms. The standard InChI is InChI=1S/C15H24FNO2/c1-15(2,7-8-17-9-10-18-3)13-6-5-12(19-4)11-14(13)16/h5-6,11,17H,7-10H2,1-4H3. The van der Waals surface area contributed by atoms with Crippen molar-refractivity contribution in [3.05, 3.63) is 29.6 Å².